The first-order valence-electron chi connectivity index (χ1n) is 3.99. The van der Waals surface area contributed by atoms with E-state index >= 15 is 0 Å². The average molecular weight is 253 g/mol. The summed E-state index contributed by atoms with van der Waals surface area (Å²) in [5.41, 5.74) is 4.65. The number of benzene rings is 1. The summed E-state index contributed by atoms with van der Waals surface area (Å²) in [4.78, 5) is 9.55. The molecule has 8 heteroatoms. The Bertz CT molecular complexity index is 402. The molecule has 16 heavy (non-hydrogen) atoms. The summed E-state index contributed by atoms with van der Waals surface area (Å²) in [6.45, 7) is -0.915. The van der Waals surface area contributed by atoms with Crippen molar-refractivity contribution in [2.24, 2.45) is 5.73 Å². The van der Waals surface area contributed by atoms with Crippen LogP contribution in [-0.4, -0.2) is 21.8 Å². The molecule has 0 aromatic heterocycles. The van der Waals surface area contributed by atoms with Gasteiger partial charge in [0.25, 0.3) is 0 Å². The number of hydrogen-bond acceptors (Lipinski definition) is 5. The summed E-state index contributed by atoms with van der Waals surface area (Å²) in [6.07, 6.45) is 0. The van der Waals surface area contributed by atoms with Crippen molar-refractivity contribution in [1.29, 1.82) is 0 Å². The molecule has 1 aromatic carbocycles. The van der Waals surface area contributed by atoms with E-state index < -0.39 is 34.8 Å². The van der Waals surface area contributed by atoms with Crippen LogP contribution in [0.3, 0.4) is 0 Å². The fourth-order valence-electron chi connectivity index (χ4n) is 1.07. The summed E-state index contributed by atoms with van der Waals surface area (Å²) in [6, 6.07) is 0.862. The summed E-state index contributed by atoms with van der Waals surface area (Å²) < 4.78 is 12.2. The molecule has 0 fully saturated rings. The van der Waals surface area contributed by atoms with Crippen LogP contribution in [0.1, 0.15) is 11.6 Å². The number of nitro benzene ring substituents is 1. The van der Waals surface area contributed by atoms with Gasteiger partial charge in [0.2, 0.25) is 5.75 Å². The molecule has 0 bridgehead atoms. The molecule has 6 nitrogen and oxygen atoms in total. The van der Waals surface area contributed by atoms with Gasteiger partial charge in [0.15, 0.2) is 5.75 Å². The van der Waals surface area contributed by atoms with Crippen molar-refractivity contribution in [2.45, 2.75) is 6.04 Å². The highest BCUT2D eigenvalue weighted by Crippen LogP contribution is 2.37. The number of phenolic OH excluding ortho intramolecular Hbond substituents is 2. The summed E-state index contributed by atoms with van der Waals surface area (Å²) in [5, 5.41) is 28.7. The molecule has 0 saturated heterocycles. The number of aromatic hydroxyl groups is 2. The Kier molecular flexibility index (Phi) is 4.93. The largest absolute Gasteiger partial charge is 0.504 e. The number of nitrogens with two attached hydrogens (primary N) is 1. The van der Waals surface area contributed by atoms with E-state index in [1.54, 1.807) is 0 Å². The molecule has 1 atom stereocenters. The zero-order chi connectivity index (χ0) is 11.6. The summed E-state index contributed by atoms with van der Waals surface area (Å²) in [7, 11) is 0. The molecule has 90 valence electrons. The molecule has 0 heterocycles. The smallest absolute Gasteiger partial charge is 0.314 e. The van der Waals surface area contributed by atoms with E-state index in [1.807, 2.05) is 0 Å². The molecule has 0 spiro atoms. The highest BCUT2D eigenvalue weighted by molar-refractivity contribution is 5.85. The number of rotatable bonds is 3. The highest BCUT2D eigenvalue weighted by atomic mass is 35.5. The molecule has 4 N–H and O–H groups in total. The lowest BCUT2D eigenvalue weighted by Gasteiger charge is -2.08. The molecule has 0 amide bonds. The molecule has 1 rings (SSSR count). The normalized spacial score (nSPS) is 11.6. The zero-order valence-electron chi connectivity index (χ0n) is 7.96. The zero-order valence-corrected chi connectivity index (χ0v) is 8.78. The maximum Gasteiger partial charge on any atom is 0.314 e. The maximum absolute atomic E-state index is 12.2. The molecule has 0 saturated carbocycles. The van der Waals surface area contributed by atoms with E-state index in [0.29, 0.717) is 0 Å². The Morgan fingerprint density at radius 1 is 1.50 bits per heavy atom. The lowest BCUT2D eigenvalue weighted by molar-refractivity contribution is -0.386. The minimum Gasteiger partial charge on any atom is -0.504 e. The van der Waals surface area contributed by atoms with Crippen molar-refractivity contribution in [1.82, 2.24) is 0 Å². The molecule has 0 radical (unpaired) electrons. The van der Waals surface area contributed by atoms with E-state index in [4.69, 9.17) is 15.9 Å². The molecule has 0 aliphatic rings. The van der Waals surface area contributed by atoms with Crippen molar-refractivity contribution in [2.75, 3.05) is 6.67 Å². The maximum atomic E-state index is 12.2. The minimum atomic E-state index is -1.06. The first kappa shape index (κ1) is 14.4. The number of nitro groups is 1. The second-order valence-electron chi connectivity index (χ2n) is 2.93. The Balaban J connectivity index is 0.00000225. The third-order valence-electron chi connectivity index (χ3n) is 1.88. The van der Waals surface area contributed by atoms with Crippen LogP contribution in [0, 0.1) is 10.1 Å². The second kappa shape index (κ2) is 5.47. The van der Waals surface area contributed by atoms with Gasteiger partial charge in [0.1, 0.15) is 6.67 Å². The van der Waals surface area contributed by atoms with Crippen LogP contribution in [0.25, 0.3) is 0 Å². The Hall–Kier alpha value is -1.60. The summed E-state index contributed by atoms with van der Waals surface area (Å²) in [5.74, 6) is -1.54. The molecular formula is C8H10ClFN2O4. The SMILES string of the molecule is Cl.N[C@@H](CF)c1cc(O)c(O)c([N+](=O)[O-])c1. The molecular weight excluding hydrogens is 243 g/mol. The van der Waals surface area contributed by atoms with Crippen LogP contribution < -0.4 is 5.73 Å². The standard InChI is InChI=1S/C8H9FN2O4.ClH/c9-3-5(10)4-1-6(11(14)15)8(13)7(12)2-4;/h1-2,5,12-13H,3,10H2;1H/t5-;/m0./s1. The van der Waals surface area contributed by atoms with Crippen molar-refractivity contribution < 1.29 is 19.5 Å². The summed E-state index contributed by atoms with van der Waals surface area (Å²) >= 11 is 0. The van der Waals surface area contributed by atoms with E-state index in [-0.39, 0.29) is 18.0 Å². The predicted molar refractivity (Wildman–Crippen MR) is 56.6 cm³/mol. The lowest BCUT2D eigenvalue weighted by Crippen LogP contribution is -2.12. The Labute approximate surface area is 96.1 Å². The van der Waals surface area contributed by atoms with Crippen LogP contribution >= 0.6 is 12.4 Å². The van der Waals surface area contributed by atoms with Crippen molar-refractivity contribution in [3.8, 4) is 11.5 Å². The van der Waals surface area contributed by atoms with Gasteiger partial charge in [-0.3, -0.25) is 10.1 Å². The van der Waals surface area contributed by atoms with Gasteiger partial charge in [-0.05, 0) is 11.6 Å². The van der Waals surface area contributed by atoms with Crippen molar-refractivity contribution >= 4 is 18.1 Å². The van der Waals surface area contributed by atoms with Gasteiger partial charge >= 0.3 is 5.69 Å². The number of hydrogen-bond donors (Lipinski definition) is 3. The number of phenols is 2. The van der Waals surface area contributed by atoms with Crippen LogP contribution in [0.5, 0.6) is 11.5 Å². The molecule has 0 aliphatic heterocycles. The van der Waals surface area contributed by atoms with Crippen molar-refractivity contribution in [3.63, 3.8) is 0 Å². The lowest BCUT2D eigenvalue weighted by atomic mass is 10.1. The van der Waals surface area contributed by atoms with Crippen LogP contribution in [-0.2, 0) is 0 Å². The van der Waals surface area contributed by atoms with Gasteiger partial charge in [-0.1, -0.05) is 0 Å². The third kappa shape index (κ3) is 2.71. The van der Waals surface area contributed by atoms with Gasteiger partial charge in [-0.25, -0.2) is 4.39 Å². The highest BCUT2D eigenvalue weighted by Gasteiger charge is 2.20. The molecule has 1 aromatic rings. The van der Waals surface area contributed by atoms with E-state index in [9.17, 15) is 14.5 Å². The first-order valence-corrected chi connectivity index (χ1v) is 3.99. The quantitative estimate of drug-likeness (QED) is 0.428. The van der Waals surface area contributed by atoms with Crippen LogP contribution in [0.2, 0.25) is 0 Å². The Morgan fingerprint density at radius 3 is 2.50 bits per heavy atom. The van der Waals surface area contributed by atoms with Gasteiger partial charge in [0.05, 0.1) is 11.0 Å². The van der Waals surface area contributed by atoms with Gasteiger partial charge in [0, 0.05) is 6.07 Å². The van der Waals surface area contributed by atoms with Crippen LogP contribution in [0.15, 0.2) is 12.1 Å². The Morgan fingerprint density at radius 2 is 2.06 bits per heavy atom. The second-order valence-corrected chi connectivity index (χ2v) is 2.93. The monoisotopic (exact) mass is 252 g/mol. The van der Waals surface area contributed by atoms with Gasteiger partial charge < -0.3 is 15.9 Å². The van der Waals surface area contributed by atoms with E-state index in [0.717, 1.165) is 12.1 Å². The van der Waals surface area contributed by atoms with Crippen LogP contribution in [0.4, 0.5) is 10.1 Å². The third-order valence-corrected chi connectivity index (χ3v) is 1.88. The van der Waals surface area contributed by atoms with Gasteiger partial charge in [-0.2, -0.15) is 0 Å². The number of halogens is 2. The fourth-order valence-corrected chi connectivity index (χ4v) is 1.07. The predicted octanol–water partition coefficient (Wildman–Crippen LogP) is 1.40. The van der Waals surface area contributed by atoms with E-state index in [1.165, 1.54) is 0 Å². The molecule has 0 unspecified atom stereocenters. The molecule has 0 aliphatic carbocycles. The van der Waals surface area contributed by atoms with E-state index in [2.05, 4.69) is 0 Å². The van der Waals surface area contributed by atoms with Gasteiger partial charge in [-0.15, -0.1) is 12.4 Å². The number of alkyl halides is 1. The average Bonchev–Trinajstić information content (AvgIpc) is 2.20. The number of nitrogens with zero attached hydrogens (tertiary/aromatic N) is 1. The topological polar surface area (TPSA) is 110 Å². The fraction of sp³-hybridized carbons (Fsp3) is 0.250. The first-order chi connectivity index (χ1) is 6.97. The minimum absolute atomic E-state index is 0. The van der Waals surface area contributed by atoms with Crippen molar-refractivity contribution in [3.05, 3.63) is 27.8 Å².